The molecule has 0 atom stereocenters. The zero-order valence-corrected chi connectivity index (χ0v) is 55.9. The molecule has 2 saturated carbocycles. The summed E-state index contributed by atoms with van der Waals surface area (Å²) in [5, 5.41) is 3.60. The predicted molar refractivity (Wildman–Crippen MR) is 348 cm³/mol. The minimum Gasteiger partial charge on any atom is -0.399 e. The van der Waals surface area contributed by atoms with Gasteiger partial charge in [-0.1, -0.05) is 81.7 Å². The van der Waals surface area contributed by atoms with Crippen LogP contribution in [0.25, 0.3) is 11.3 Å². The zero-order valence-electron chi connectivity index (χ0n) is 49.5. The first-order chi connectivity index (χ1) is 38.6. The molecule has 0 amide bonds. The maximum absolute atomic E-state index is 12.3. The quantitative estimate of drug-likeness (QED) is 0.0626. The summed E-state index contributed by atoms with van der Waals surface area (Å²) in [7, 11) is 6.98. The minimum absolute atomic E-state index is 0.212. The van der Waals surface area contributed by atoms with Gasteiger partial charge >= 0.3 is 7.12 Å². The van der Waals surface area contributed by atoms with Gasteiger partial charge in [-0.3, -0.25) is 0 Å². The number of nitrogen functional groups attached to an aromatic ring is 1. The Hall–Kier alpha value is -4.72. The molecule has 3 aliphatic rings. The second kappa shape index (κ2) is 31.4. The van der Waals surface area contributed by atoms with Crippen LogP contribution in [-0.4, -0.2) is 118 Å². The van der Waals surface area contributed by atoms with E-state index in [1.165, 1.54) is 71.0 Å². The Morgan fingerprint density at radius 2 is 1.01 bits per heavy atom. The van der Waals surface area contributed by atoms with Crippen LogP contribution >= 0.6 is 47.8 Å². The summed E-state index contributed by atoms with van der Waals surface area (Å²) >= 11 is 9.76. The molecule has 17 nitrogen and oxygen atoms in total. The van der Waals surface area contributed by atoms with E-state index >= 15 is 0 Å². The number of nitrogens with zero attached hydrogens (tertiary/aromatic N) is 7. The normalized spacial score (nSPS) is 15.9. The standard InChI is InChI=1S/C21H29N3O2S.C19H31BN2O4S.2C7H9BrN2.C5H5BrN2/c1-22-27(25,26)18-13-12-17(14-16-8-5-4-6-9-16)19(15-18)20-10-7-11-21(23-20)24(2)3;1-18(2)19(3,4)26-20(25-18)16-13-15(27(23,24)21-5)11-12-17(16)22-14-9-7-6-8-10-14;2*1-10(2)7-5-3-4-6(8)9-7;6-4-2-1-3-5(7)8-4/h7,10-13,15-16,22H,4-6,8-9,14H2,1-3H3;11-14,21-22H,6-10H2,1-5H3;2*3-5H,1-2H3;1-3H,(H2,7,8). The molecule has 0 spiro atoms. The van der Waals surface area contributed by atoms with E-state index in [0.717, 1.165) is 72.9 Å². The van der Waals surface area contributed by atoms with Gasteiger partial charge in [0.05, 0.1) is 26.7 Å². The fourth-order valence-electron chi connectivity index (χ4n) is 9.09. The van der Waals surface area contributed by atoms with E-state index in [-0.39, 0.29) is 9.79 Å². The Morgan fingerprint density at radius 1 is 0.573 bits per heavy atom. The Morgan fingerprint density at radius 3 is 1.45 bits per heavy atom. The molecule has 5 heterocycles. The van der Waals surface area contributed by atoms with Crippen LogP contribution in [0.5, 0.6) is 0 Å². The number of pyridine rings is 4. The zero-order chi connectivity index (χ0) is 60.4. The third kappa shape index (κ3) is 20.5. The van der Waals surface area contributed by atoms with Crippen LogP contribution in [0, 0.1) is 5.92 Å². The van der Waals surface area contributed by atoms with Crippen LogP contribution in [0.1, 0.15) is 97.5 Å². The summed E-state index contributed by atoms with van der Waals surface area (Å²) < 4.78 is 69.0. The number of halogens is 3. The van der Waals surface area contributed by atoms with E-state index in [0.29, 0.717) is 17.8 Å². The third-order valence-electron chi connectivity index (χ3n) is 14.5. The SMILES string of the molecule is CN(C)c1cccc(Br)n1.CN(C)c1cccc(Br)n1.CNS(=O)(=O)c1ccc(CC2CCCCC2)c(-c2cccc(N(C)C)n2)c1.CNS(=O)(=O)c1ccc(NC2CCCCC2)c(B2OC(C)(C)C(C)(C)O2)c1.Nc1cccc(Br)n1. The van der Waals surface area contributed by atoms with Crippen molar-refractivity contribution in [1.29, 1.82) is 0 Å². The van der Waals surface area contributed by atoms with Crippen molar-refractivity contribution in [3.8, 4) is 11.3 Å². The number of hydrogen-bond acceptors (Lipinski definition) is 15. The largest absolute Gasteiger partial charge is 0.497 e. The molecule has 1 aliphatic heterocycles. The molecule has 82 heavy (non-hydrogen) atoms. The van der Waals surface area contributed by atoms with Crippen LogP contribution < -0.4 is 40.7 Å². The molecular formula is C59H83BBr3N11O6S2. The van der Waals surface area contributed by atoms with Crippen molar-refractivity contribution in [3.05, 3.63) is 129 Å². The predicted octanol–water partition coefficient (Wildman–Crippen LogP) is 11.7. The van der Waals surface area contributed by atoms with E-state index in [1.807, 2.05) is 164 Å². The van der Waals surface area contributed by atoms with Gasteiger partial charge in [0.1, 0.15) is 37.1 Å². The number of benzene rings is 2. The van der Waals surface area contributed by atoms with Crippen molar-refractivity contribution in [2.75, 3.05) is 82.1 Å². The van der Waals surface area contributed by atoms with Gasteiger partial charge in [0.25, 0.3) is 0 Å². The molecule has 9 rings (SSSR count). The van der Waals surface area contributed by atoms with Crippen molar-refractivity contribution in [3.63, 3.8) is 0 Å². The lowest BCUT2D eigenvalue weighted by Crippen LogP contribution is -2.41. The molecule has 446 valence electrons. The fourth-order valence-corrected chi connectivity index (χ4v) is 11.6. The second-order valence-corrected chi connectivity index (χ2v) is 28.1. The van der Waals surface area contributed by atoms with E-state index in [9.17, 15) is 16.8 Å². The summed E-state index contributed by atoms with van der Waals surface area (Å²) in [6.07, 6.45) is 13.4. The summed E-state index contributed by atoms with van der Waals surface area (Å²) in [5.41, 5.74) is 8.88. The molecule has 0 radical (unpaired) electrons. The molecule has 1 saturated heterocycles. The number of aromatic nitrogens is 4. The summed E-state index contributed by atoms with van der Waals surface area (Å²) in [5.74, 6) is 4.00. The van der Waals surface area contributed by atoms with Crippen molar-refractivity contribution in [2.45, 2.75) is 125 Å². The Labute approximate surface area is 514 Å². The Kier molecular flexibility index (Phi) is 26.1. The smallest absolute Gasteiger partial charge is 0.399 e. The van der Waals surface area contributed by atoms with Crippen molar-refractivity contribution in [2.24, 2.45) is 5.92 Å². The highest BCUT2D eigenvalue weighted by atomic mass is 79.9. The van der Waals surface area contributed by atoms with Gasteiger partial charge in [0, 0.05) is 65.0 Å². The molecule has 2 aromatic carbocycles. The summed E-state index contributed by atoms with van der Waals surface area (Å²) in [6, 6.07) is 34.0. The van der Waals surface area contributed by atoms with Crippen LogP contribution in [-0.2, 0) is 35.8 Å². The summed E-state index contributed by atoms with van der Waals surface area (Å²) in [4.78, 5) is 23.4. The number of hydrogen-bond donors (Lipinski definition) is 4. The first kappa shape index (κ1) is 68.1. The van der Waals surface area contributed by atoms with E-state index < -0.39 is 38.4 Å². The van der Waals surface area contributed by atoms with Gasteiger partial charge in [-0.2, -0.15) is 0 Å². The van der Waals surface area contributed by atoms with Crippen LogP contribution in [0.3, 0.4) is 0 Å². The Bertz CT molecular complexity index is 3140. The lowest BCUT2D eigenvalue weighted by Gasteiger charge is -2.32. The molecule has 0 bridgehead atoms. The van der Waals surface area contributed by atoms with Crippen molar-refractivity contribution >= 4 is 109 Å². The number of anilines is 5. The summed E-state index contributed by atoms with van der Waals surface area (Å²) in [6.45, 7) is 7.98. The Balaban J connectivity index is 0.000000206. The topological polar surface area (TPSA) is 210 Å². The highest BCUT2D eigenvalue weighted by molar-refractivity contribution is 9.11. The van der Waals surface area contributed by atoms with Gasteiger partial charge in [-0.15, -0.1) is 0 Å². The van der Waals surface area contributed by atoms with Gasteiger partial charge in [-0.25, -0.2) is 46.2 Å². The maximum atomic E-state index is 12.3. The van der Waals surface area contributed by atoms with E-state index in [1.54, 1.807) is 30.3 Å². The van der Waals surface area contributed by atoms with Gasteiger partial charge in [0.15, 0.2) is 0 Å². The average molecular weight is 1360 g/mol. The highest BCUT2D eigenvalue weighted by Crippen LogP contribution is 2.38. The molecule has 5 N–H and O–H groups in total. The second-order valence-electron chi connectivity index (χ2n) is 21.8. The van der Waals surface area contributed by atoms with Gasteiger partial charge < -0.3 is 35.1 Å². The molecule has 6 aromatic rings. The first-order valence-corrected chi connectivity index (χ1v) is 32.9. The van der Waals surface area contributed by atoms with Crippen LogP contribution in [0.2, 0.25) is 0 Å². The average Bonchev–Trinajstić information content (AvgIpc) is 3.96. The lowest BCUT2D eigenvalue weighted by atomic mass is 9.77. The molecule has 4 aromatic heterocycles. The van der Waals surface area contributed by atoms with Crippen molar-refractivity contribution in [1.82, 2.24) is 29.4 Å². The molecule has 23 heteroatoms. The molecule has 0 unspecified atom stereocenters. The molecule has 3 fully saturated rings. The fraction of sp³-hybridized carbons (Fsp3) is 0.458. The van der Waals surface area contributed by atoms with Crippen molar-refractivity contribution < 1.29 is 26.1 Å². The van der Waals surface area contributed by atoms with E-state index in [4.69, 9.17) is 20.0 Å². The molecular weight excluding hydrogens is 1270 g/mol. The number of sulfonamides is 2. The van der Waals surface area contributed by atoms with Crippen LogP contribution in [0.4, 0.5) is 29.0 Å². The van der Waals surface area contributed by atoms with Crippen LogP contribution in [0.15, 0.2) is 133 Å². The number of rotatable bonds is 13. The van der Waals surface area contributed by atoms with Gasteiger partial charge in [0.2, 0.25) is 20.0 Å². The minimum atomic E-state index is -3.55. The number of nitrogens with two attached hydrogens (primary N) is 1. The number of nitrogens with one attached hydrogen (secondary N) is 3. The van der Waals surface area contributed by atoms with E-state index in [2.05, 4.69) is 77.5 Å². The molecule has 2 aliphatic carbocycles. The maximum Gasteiger partial charge on any atom is 0.497 e. The first-order valence-electron chi connectivity index (χ1n) is 27.5. The van der Waals surface area contributed by atoms with Gasteiger partial charge in [-0.05, 0) is 199 Å². The monoisotopic (exact) mass is 1350 g/mol. The highest BCUT2D eigenvalue weighted by Gasteiger charge is 2.52. The third-order valence-corrected chi connectivity index (χ3v) is 18.6. The lowest BCUT2D eigenvalue weighted by molar-refractivity contribution is 0.00578.